The first-order valence-electron chi connectivity index (χ1n) is 12.3. The molecule has 0 saturated heterocycles. The van der Waals surface area contributed by atoms with E-state index in [0.29, 0.717) is 35.1 Å². The molecular weight excluding hydrogens is 532 g/mol. The lowest BCUT2D eigenvalue weighted by atomic mass is 10.1. The van der Waals surface area contributed by atoms with Crippen LogP contribution in [0.1, 0.15) is 16.7 Å². The van der Waals surface area contributed by atoms with E-state index in [-0.39, 0.29) is 30.3 Å². The summed E-state index contributed by atoms with van der Waals surface area (Å²) in [5.74, 6) is 1.04. The molecule has 4 rings (SSSR count). The Hall–Kier alpha value is -5.24. The molecule has 0 radical (unpaired) electrons. The molecule has 14 nitrogen and oxygen atoms in total. The number of aromatic nitrogens is 5. The minimum Gasteiger partial charge on any atom is -0.493 e. The first-order valence-corrected chi connectivity index (χ1v) is 12.3. The molecule has 0 bridgehead atoms. The maximum absolute atomic E-state index is 12.7. The minimum atomic E-state index is -0.941. The highest BCUT2D eigenvalue weighted by Crippen LogP contribution is 2.39. The highest BCUT2D eigenvalue weighted by Gasteiger charge is 2.21. The van der Waals surface area contributed by atoms with Crippen LogP contribution in [-0.2, 0) is 17.6 Å². The zero-order valence-corrected chi connectivity index (χ0v) is 23.0. The molecule has 14 heteroatoms. The topological polar surface area (TPSA) is 192 Å². The molecule has 0 saturated carbocycles. The zero-order valence-electron chi connectivity index (χ0n) is 23.0. The Morgan fingerprint density at radius 2 is 1.56 bits per heavy atom. The summed E-state index contributed by atoms with van der Waals surface area (Å²) in [7, 11) is 5.97. The Labute approximate surface area is 236 Å². The van der Waals surface area contributed by atoms with Crippen molar-refractivity contribution in [2.24, 2.45) is 5.73 Å². The third kappa shape index (κ3) is 7.24. The Morgan fingerprint density at radius 3 is 2.20 bits per heavy atom. The molecule has 4 aromatic rings. The van der Waals surface area contributed by atoms with Crippen molar-refractivity contribution in [2.75, 3.05) is 39.5 Å². The van der Waals surface area contributed by atoms with Gasteiger partial charge >= 0.3 is 18.0 Å². The fraction of sp³-hybridized carbons (Fsp3) is 0.259. The smallest absolute Gasteiger partial charge is 0.332 e. The number of nitrogen functional groups attached to an aromatic ring is 1. The molecule has 0 fully saturated rings. The third-order valence-electron chi connectivity index (χ3n) is 5.80. The van der Waals surface area contributed by atoms with Gasteiger partial charge in [0.15, 0.2) is 11.5 Å². The second kappa shape index (κ2) is 13.2. The number of esters is 1. The van der Waals surface area contributed by atoms with Gasteiger partial charge in [-0.25, -0.2) is 9.78 Å². The normalized spacial score (nSPS) is 11.3. The summed E-state index contributed by atoms with van der Waals surface area (Å²) in [6.45, 7) is 0. The third-order valence-corrected chi connectivity index (χ3v) is 5.80. The number of carbonyl (C=O) groups is 1. The number of nitrogens with one attached hydrogen (secondary N) is 1. The molecule has 0 aliphatic carbocycles. The van der Waals surface area contributed by atoms with Gasteiger partial charge in [0, 0.05) is 18.2 Å². The molecule has 0 spiro atoms. The molecule has 2 aromatic heterocycles. The number of carbonyl (C=O) groups excluding carboxylic acids is 1. The van der Waals surface area contributed by atoms with Gasteiger partial charge in [0.2, 0.25) is 17.6 Å². The molecule has 2 aromatic carbocycles. The molecule has 0 amide bonds. The number of ether oxygens (including phenoxy) is 5. The second-order valence-electron chi connectivity index (χ2n) is 8.58. The summed E-state index contributed by atoms with van der Waals surface area (Å²) in [4.78, 5) is 33.5. The highest BCUT2D eigenvalue weighted by molar-refractivity contribution is 5.77. The molecular formula is C27H30N8O6. The van der Waals surface area contributed by atoms with Crippen molar-refractivity contribution in [3.63, 3.8) is 0 Å². The van der Waals surface area contributed by atoms with Crippen LogP contribution in [0.5, 0.6) is 29.3 Å². The number of benzene rings is 2. The number of methoxy groups -OCH3 is 4. The lowest BCUT2D eigenvalue weighted by Crippen LogP contribution is -2.36. The van der Waals surface area contributed by atoms with Crippen molar-refractivity contribution < 1.29 is 28.5 Å². The number of rotatable bonds is 12. The monoisotopic (exact) mass is 562 g/mol. The molecule has 41 heavy (non-hydrogen) atoms. The van der Waals surface area contributed by atoms with Crippen molar-refractivity contribution in [1.82, 2.24) is 24.9 Å². The van der Waals surface area contributed by atoms with Crippen molar-refractivity contribution in [1.29, 1.82) is 0 Å². The summed E-state index contributed by atoms with van der Waals surface area (Å²) in [5.41, 5.74) is 14.3. The lowest BCUT2D eigenvalue weighted by molar-refractivity contribution is -0.136. The highest BCUT2D eigenvalue weighted by atomic mass is 16.6. The number of hydrogen-bond acceptors (Lipinski definition) is 14. The van der Waals surface area contributed by atoms with E-state index in [2.05, 4.69) is 30.2 Å². The van der Waals surface area contributed by atoms with E-state index >= 15 is 0 Å². The Bertz CT molecular complexity index is 1480. The summed E-state index contributed by atoms with van der Waals surface area (Å²) < 4.78 is 26.8. The van der Waals surface area contributed by atoms with E-state index in [4.69, 9.17) is 35.2 Å². The maximum atomic E-state index is 12.7. The van der Waals surface area contributed by atoms with Gasteiger partial charge in [-0.1, -0.05) is 30.3 Å². The van der Waals surface area contributed by atoms with Crippen molar-refractivity contribution in [3.8, 4) is 29.3 Å². The number of anilines is 3. The SMILES string of the molecule is COc1nc(Nc2nc(N)ncc2Cc2cc(OC)c(OC)c(OC)c2)nc(OC(=O)C(N)Cc2ccccc2)n1. The van der Waals surface area contributed by atoms with Gasteiger partial charge in [-0.3, -0.25) is 0 Å². The van der Waals surface area contributed by atoms with Crippen LogP contribution in [-0.4, -0.2) is 65.4 Å². The van der Waals surface area contributed by atoms with Crippen LogP contribution in [0, 0.1) is 0 Å². The quantitative estimate of drug-likeness (QED) is 0.213. The Morgan fingerprint density at radius 1 is 0.878 bits per heavy atom. The van der Waals surface area contributed by atoms with Crippen LogP contribution in [0.25, 0.3) is 0 Å². The van der Waals surface area contributed by atoms with Gasteiger partial charge < -0.3 is 40.5 Å². The molecule has 0 aliphatic heterocycles. The van der Waals surface area contributed by atoms with E-state index in [0.717, 1.165) is 11.1 Å². The van der Waals surface area contributed by atoms with Gasteiger partial charge in [0.1, 0.15) is 11.9 Å². The first kappa shape index (κ1) is 28.8. The van der Waals surface area contributed by atoms with E-state index in [9.17, 15) is 4.79 Å². The van der Waals surface area contributed by atoms with E-state index in [1.54, 1.807) is 6.20 Å². The van der Waals surface area contributed by atoms with Crippen LogP contribution < -0.4 is 40.5 Å². The number of hydrogen-bond donors (Lipinski definition) is 3. The number of nitrogens with zero attached hydrogens (tertiary/aromatic N) is 5. The number of nitrogens with two attached hydrogens (primary N) is 2. The van der Waals surface area contributed by atoms with Crippen LogP contribution in [0.4, 0.5) is 17.7 Å². The van der Waals surface area contributed by atoms with Gasteiger partial charge in [-0.2, -0.15) is 15.0 Å². The fourth-order valence-corrected chi connectivity index (χ4v) is 3.87. The zero-order chi connectivity index (χ0) is 29.4. The molecule has 214 valence electrons. The predicted molar refractivity (Wildman–Crippen MR) is 149 cm³/mol. The average molecular weight is 563 g/mol. The summed E-state index contributed by atoms with van der Waals surface area (Å²) in [6, 6.07) is 11.6. The van der Waals surface area contributed by atoms with E-state index < -0.39 is 12.0 Å². The average Bonchev–Trinajstić information content (AvgIpc) is 2.98. The molecule has 2 heterocycles. The van der Waals surface area contributed by atoms with Gasteiger partial charge in [-0.15, -0.1) is 4.98 Å². The minimum absolute atomic E-state index is 0.0134. The summed E-state index contributed by atoms with van der Waals surface area (Å²) >= 11 is 0. The molecule has 5 N–H and O–H groups in total. The lowest BCUT2D eigenvalue weighted by Gasteiger charge is -2.15. The Kier molecular flexibility index (Phi) is 9.27. The molecule has 0 aliphatic rings. The largest absolute Gasteiger partial charge is 0.493 e. The van der Waals surface area contributed by atoms with Crippen molar-refractivity contribution in [2.45, 2.75) is 18.9 Å². The van der Waals surface area contributed by atoms with Crippen LogP contribution in [0.2, 0.25) is 0 Å². The van der Waals surface area contributed by atoms with Crippen molar-refractivity contribution >= 4 is 23.7 Å². The van der Waals surface area contributed by atoms with Gasteiger partial charge in [0.25, 0.3) is 0 Å². The van der Waals surface area contributed by atoms with Crippen LogP contribution >= 0.6 is 0 Å². The van der Waals surface area contributed by atoms with Crippen LogP contribution in [0.15, 0.2) is 48.7 Å². The summed E-state index contributed by atoms with van der Waals surface area (Å²) in [5, 5.41) is 2.99. The maximum Gasteiger partial charge on any atom is 0.332 e. The molecule has 1 unspecified atom stereocenters. The van der Waals surface area contributed by atoms with Gasteiger partial charge in [-0.05, 0) is 29.7 Å². The van der Waals surface area contributed by atoms with E-state index in [1.807, 2.05) is 42.5 Å². The Balaban J connectivity index is 1.58. The van der Waals surface area contributed by atoms with Crippen molar-refractivity contribution in [3.05, 3.63) is 65.4 Å². The standard InChI is InChI=1S/C27H30N8O6/c1-37-19-12-16(13-20(38-2)21(19)39-3)10-17-14-30-24(29)31-22(17)32-25-33-26(40-4)35-27(34-25)41-23(36)18(28)11-15-8-6-5-7-9-15/h5-9,12-14,18H,10-11,28H2,1-4H3,(H3,29,30,31,32,33,34,35). The van der Waals surface area contributed by atoms with Gasteiger partial charge in [0.05, 0.1) is 28.4 Å². The second-order valence-corrected chi connectivity index (χ2v) is 8.58. The van der Waals surface area contributed by atoms with E-state index in [1.165, 1.54) is 28.4 Å². The predicted octanol–water partition coefficient (Wildman–Crippen LogP) is 2.09. The molecule has 1 atom stereocenters. The summed E-state index contributed by atoms with van der Waals surface area (Å²) in [6.07, 6.45) is 2.19. The fourth-order valence-electron chi connectivity index (χ4n) is 3.87. The first-order chi connectivity index (χ1) is 19.8. The van der Waals surface area contributed by atoms with Crippen LogP contribution in [0.3, 0.4) is 0 Å².